The van der Waals surface area contributed by atoms with Crippen molar-refractivity contribution in [2.24, 2.45) is 5.16 Å². The van der Waals surface area contributed by atoms with E-state index in [0.717, 1.165) is 16.8 Å². The normalized spacial score (nSPS) is 19.3. The quantitative estimate of drug-likeness (QED) is 0.670. The lowest BCUT2D eigenvalue weighted by molar-refractivity contribution is -0.00450. The van der Waals surface area contributed by atoms with Crippen molar-refractivity contribution in [3.8, 4) is 0 Å². The maximum absolute atomic E-state index is 13.1. The van der Waals surface area contributed by atoms with Crippen LogP contribution in [0.3, 0.4) is 0 Å². The highest BCUT2D eigenvalue weighted by Gasteiger charge is 2.45. The van der Waals surface area contributed by atoms with E-state index in [4.69, 9.17) is 4.84 Å². The summed E-state index contributed by atoms with van der Waals surface area (Å²) in [5, 5.41) is 4.27. The van der Waals surface area contributed by atoms with Gasteiger partial charge < -0.3 is 4.84 Å². The minimum Gasteiger partial charge on any atom is -0.383 e. The summed E-state index contributed by atoms with van der Waals surface area (Å²) < 4.78 is 26.2. The average molecular weight is 377 g/mol. The maximum atomic E-state index is 13.1. The Morgan fingerprint density at radius 1 is 0.815 bits per heavy atom. The van der Waals surface area contributed by atoms with Crippen LogP contribution in [0.25, 0.3) is 0 Å². The summed E-state index contributed by atoms with van der Waals surface area (Å²) in [6.45, 7) is 0. The van der Waals surface area contributed by atoms with E-state index in [0.29, 0.717) is 6.42 Å². The van der Waals surface area contributed by atoms with Gasteiger partial charge in [0.05, 0.1) is 10.6 Å². The lowest BCUT2D eigenvalue weighted by Gasteiger charge is -2.27. The highest BCUT2D eigenvalue weighted by atomic mass is 32.2. The second-order valence-corrected chi connectivity index (χ2v) is 8.59. The molecule has 27 heavy (non-hydrogen) atoms. The lowest BCUT2D eigenvalue weighted by Crippen LogP contribution is -2.35. The van der Waals surface area contributed by atoms with Crippen LogP contribution < -0.4 is 0 Å². The van der Waals surface area contributed by atoms with Gasteiger partial charge in [0, 0.05) is 6.42 Å². The molecule has 1 heterocycles. The first-order valence-corrected chi connectivity index (χ1v) is 10.4. The van der Waals surface area contributed by atoms with Crippen molar-refractivity contribution in [1.82, 2.24) is 0 Å². The van der Waals surface area contributed by atoms with E-state index in [1.807, 2.05) is 60.7 Å². The molecule has 4 nitrogen and oxygen atoms in total. The third-order valence-corrected chi connectivity index (χ3v) is 6.55. The molecule has 0 aliphatic carbocycles. The molecule has 0 aromatic heterocycles. The first kappa shape index (κ1) is 17.5. The molecule has 0 radical (unpaired) electrons. The van der Waals surface area contributed by atoms with Crippen molar-refractivity contribution in [2.45, 2.75) is 16.9 Å². The van der Waals surface area contributed by atoms with Crippen LogP contribution in [0.2, 0.25) is 0 Å². The van der Waals surface area contributed by atoms with Gasteiger partial charge in [0.2, 0.25) is 0 Å². The Morgan fingerprint density at radius 2 is 1.37 bits per heavy atom. The molecule has 3 aromatic rings. The minimum atomic E-state index is -3.55. The topological polar surface area (TPSA) is 55.7 Å². The number of sulfone groups is 1. The molecule has 0 amide bonds. The monoisotopic (exact) mass is 377 g/mol. The summed E-state index contributed by atoms with van der Waals surface area (Å²) in [5.74, 6) is -0.173. The van der Waals surface area contributed by atoms with Gasteiger partial charge in [0.1, 0.15) is 5.75 Å². The van der Waals surface area contributed by atoms with Crippen LogP contribution in [-0.2, 0) is 20.3 Å². The van der Waals surface area contributed by atoms with Crippen LogP contribution in [0.1, 0.15) is 17.5 Å². The fraction of sp³-hybridized carbons (Fsp3) is 0.136. The fourth-order valence-electron chi connectivity index (χ4n) is 3.34. The van der Waals surface area contributed by atoms with E-state index in [-0.39, 0.29) is 10.6 Å². The van der Waals surface area contributed by atoms with E-state index in [9.17, 15) is 8.42 Å². The molecule has 0 bridgehead atoms. The van der Waals surface area contributed by atoms with Crippen LogP contribution in [0.4, 0.5) is 0 Å². The maximum Gasteiger partial charge on any atom is 0.182 e. The number of oxime groups is 1. The van der Waals surface area contributed by atoms with Crippen molar-refractivity contribution in [3.05, 3.63) is 102 Å². The third-order valence-electron chi connectivity index (χ3n) is 4.72. The molecule has 3 aromatic carbocycles. The standard InChI is InChI=1S/C22H19NO3S/c24-27(25,20-14-8-3-9-15-20)17-22(19-12-6-2-7-13-19)16-21(23-26-22)18-10-4-1-5-11-18/h1-15H,16-17H2/t22-/m1/s1. The predicted octanol–water partition coefficient (Wildman–Crippen LogP) is 4.18. The average Bonchev–Trinajstić information content (AvgIpc) is 3.15. The van der Waals surface area contributed by atoms with E-state index in [2.05, 4.69) is 5.16 Å². The summed E-state index contributed by atoms with van der Waals surface area (Å²) in [4.78, 5) is 6.15. The third kappa shape index (κ3) is 3.51. The molecule has 1 aliphatic heterocycles. The molecular weight excluding hydrogens is 358 g/mol. The Kier molecular flexibility index (Phi) is 4.54. The number of nitrogens with zero attached hydrogens (tertiary/aromatic N) is 1. The van der Waals surface area contributed by atoms with Crippen LogP contribution in [0.15, 0.2) is 101 Å². The molecule has 5 heteroatoms. The Hall–Kier alpha value is -2.92. The second kappa shape index (κ2) is 7.00. The molecular formula is C22H19NO3S. The Labute approximate surface area is 159 Å². The Morgan fingerprint density at radius 3 is 2.00 bits per heavy atom. The zero-order chi connectivity index (χ0) is 18.7. The Balaban J connectivity index is 1.72. The lowest BCUT2D eigenvalue weighted by atomic mass is 9.89. The summed E-state index contributed by atoms with van der Waals surface area (Å²) in [5.41, 5.74) is 1.45. The van der Waals surface area contributed by atoms with Gasteiger partial charge in [-0.3, -0.25) is 0 Å². The molecule has 0 unspecified atom stereocenters. The van der Waals surface area contributed by atoms with Crippen molar-refractivity contribution in [2.75, 3.05) is 5.75 Å². The molecule has 0 saturated carbocycles. The summed E-state index contributed by atoms with van der Waals surface area (Å²) in [7, 11) is -3.55. The van der Waals surface area contributed by atoms with Crippen molar-refractivity contribution in [1.29, 1.82) is 0 Å². The van der Waals surface area contributed by atoms with Crippen LogP contribution in [0, 0.1) is 0 Å². The van der Waals surface area contributed by atoms with Gasteiger partial charge in [0.15, 0.2) is 15.4 Å². The van der Waals surface area contributed by atoms with Crippen LogP contribution in [-0.4, -0.2) is 19.9 Å². The zero-order valence-corrected chi connectivity index (χ0v) is 15.5. The number of benzene rings is 3. The SMILES string of the molecule is O=S(=O)(C[C@@]1(c2ccccc2)CC(c2ccccc2)=NO1)c1ccccc1. The van der Waals surface area contributed by atoms with Crippen molar-refractivity contribution < 1.29 is 13.3 Å². The van der Waals surface area contributed by atoms with Gasteiger partial charge >= 0.3 is 0 Å². The highest BCUT2D eigenvalue weighted by Crippen LogP contribution is 2.39. The van der Waals surface area contributed by atoms with Gasteiger partial charge in [-0.1, -0.05) is 84.0 Å². The zero-order valence-electron chi connectivity index (χ0n) is 14.7. The minimum absolute atomic E-state index is 0.173. The summed E-state index contributed by atoms with van der Waals surface area (Å²) in [6, 6.07) is 27.6. The highest BCUT2D eigenvalue weighted by molar-refractivity contribution is 7.91. The number of hydrogen-bond donors (Lipinski definition) is 0. The van der Waals surface area contributed by atoms with Crippen LogP contribution >= 0.6 is 0 Å². The van der Waals surface area contributed by atoms with Crippen molar-refractivity contribution in [3.63, 3.8) is 0 Å². The number of hydrogen-bond acceptors (Lipinski definition) is 4. The molecule has 0 fully saturated rings. The molecule has 4 rings (SSSR count). The van der Waals surface area contributed by atoms with Gasteiger partial charge in [0.25, 0.3) is 0 Å². The smallest absolute Gasteiger partial charge is 0.182 e. The van der Waals surface area contributed by atoms with E-state index in [1.54, 1.807) is 30.3 Å². The second-order valence-electron chi connectivity index (χ2n) is 6.60. The molecule has 1 atom stereocenters. The predicted molar refractivity (Wildman–Crippen MR) is 105 cm³/mol. The van der Waals surface area contributed by atoms with Gasteiger partial charge in [-0.2, -0.15) is 0 Å². The van der Waals surface area contributed by atoms with Gasteiger partial charge in [-0.05, 0) is 23.3 Å². The van der Waals surface area contributed by atoms with E-state index in [1.165, 1.54) is 0 Å². The first-order chi connectivity index (χ1) is 13.1. The van der Waals surface area contributed by atoms with E-state index < -0.39 is 15.4 Å². The van der Waals surface area contributed by atoms with Crippen molar-refractivity contribution >= 4 is 15.5 Å². The largest absolute Gasteiger partial charge is 0.383 e. The molecule has 136 valence electrons. The van der Waals surface area contributed by atoms with E-state index >= 15 is 0 Å². The van der Waals surface area contributed by atoms with Gasteiger partial charge in [-0.15, -0.1) is 0 Å². The van der Waals surface area contributed by atoms with Gasteiger partial charge in [-0.25, -0.2) is 8.42 Å². The summed E-state index contributed by atoms with van der Waals surface area (Å²) in [6.07, 6.45) is 0.396. The van der Waals surface area contributed by atoms with Crippen LogP contribution in [0.5, 0.6) is 0 Å². The summed E-state index contributed by atoms with van der Waals surface area (Å²) >= 11 is 0. The molecule has 0 saturated heterocycles. The fourth-order valence-corrected chi connectivity index (χ4v) is 5.01. The first-order valence-electron chi connectivity index (χ1n) is 8.73. The molecule has 0 N–H and O–H groups in total. The molecule has 1 aliphatic rings. The number of rotatable bonds is 5. The Bertz CT molecular complexity index is 1050. The molecule has 0 spiro atoms.